The van der Waals surface area contributed by atoms with E-state index in [1.807, 2.05) is 13.8 Å². The molecule has 0 heterocycles. The Labute approximate surface area is 73.0 Å². The van der Waals surface area contributed by atoms with Gasteiger partial charge in [0.2, 0.25) is 0 Å². The largest absolute Gasteiger partial charge is 0.463 e. The summed E-state index contributed by atoms with van der Waals surface area (Å²) in [6.07, 6.45) is 0.550. The van der Waals surface area contributed by atoms with Crippen LogP contribution < -0.4 is 5.90 Å². The topological polar surface area (TPSA) is 61.5 Å². The summed E-state index contributed by atoms with van der Waals surface area (Å²) in [4.78, 5) is 15.5. The number of carbonyl (C=O) groups excluding carboxylic acids is 1. The van der Waals surface area contributed by atoms with Crippen LogP contribution in [0.1, 0.15) is 27.2 Å². The van der Waals surface area contributed by atoms with Crippen molar-refractivity contribution in [3.63, 3.8) is 0 Å². The van der Waals surface area contributed by atoms with Gasteiger partial charge in [0.05, 0.1) is 5.92 Å². The van der Waals surface area contributed by atoms with Gasteiger partial charge in [-0.15, -0.1) is 0 Å². The van der Waals surface area contributed by atoms with Gasteiger partial charge >= 0.3 is 5.97 Å². The first kappa shape index (κ1) is 11.4. The highest BCUT2D eigenvalue weighted by Gasteiger charge is 2.13. The predicted molar refractivity (Wildman–Crippen MR) is 45.1 cm³/mol. The highest BCUT2D eigenvalue weighted by atomic mass is 16.6. The van der Waals surface area contributed by atoms with E-state index in [4.69, 9.17) is 10.6 Å². The zero-order chi connectivity index (χ0) is 9.56. The predicted octanol–water partition coefficient (Wildman–Crippen LogP) is 0.855. The molecule has 0 aliphatic rings. The maximum atomic E-state index is 11.1. The number of nitrogens with two attached hydrogens (primary N) is 1. The summed E-state index contributed by atoms with van der Waals surface area (Å²) >= 11 is 0. The fraction of sp³-hybridized carbons (Fsp3) is 0.875. The van der Waals surface area contributed by atoms with Gasteiger partial charge in [-0.2, -0.15) is 0 Å². The summed E-state index contributed by atoms with van der Waals surface area (Å²) in [5.74, 6) is 4.64. The molecule has 0 bridgehead atoms. The molecule has 4 heteroatoms. The molecule has 0 aromatic rings. The Balaban J connectivity index is 3.56. The van der Waals surface area contributed by atoms with E-state index in [0.29, 0.717) is 0 Å². The minimum Gasteiger partial charge on any atom is -0.463 e. The van der Waals surface area contributed by atoms with Crippen LogP contribution in [0.25, 0.3) is 0 Å². The fourth-order valence-electron chi connectivity index (χ4n) is 0.548. The molecule has 2 N–H and O–H groups in total. The van der Waals surface area contributed by atoms with Gasteiger partial charge in [0.25, 0.3) is 0 Å². The Kier molecular flexibility index (Phi) is 5.66. The quantitative estimate of drug-likeness (QED) is 0.497. The molecule has 72 valence electrons. The molecule has 0 spiro atoms. The summed E-state index contributed by atoms with van der Waals surface area (Å²) in [7, 11) is 0. The minimum atomic E-state index is -0.238. The molecule has 0 aliphatic heterocycles. The third-order valence-electron chi connectivity index (χ3n) is 1.71. The first-order valence-corrected chi connectivity index (χ1v) is 4.14. The molecule has 2 atom stereocenters. The molecule has 0 saturated carbocycles. The van der Waals surface area contributed by atoms with E-state index in [9.17, 15) is 4.79 Å². The van der Waals surface area contributed by atoms with Gasteiger partial charge in [-0.3, -0.25) is 9.63 Å². The number of hydrogen-bond acceptors (Lipinski definition) is 4. The second kappa shape index (κ2) is 5.97. The molecule has 2 unspecified atom stereocenters. The van der Waals surface area contributed by atoms with Crippen molar-refractivity contribution in [2.45, 2.75) is 33.3 Å². The third-order valence-corrected chi connectivity index (χ3v) is 1.71. The molecule has 0 rings (SSSR count). The van der Waals surface area contributed by atoms with Crippen molar-refractivity contribution >= 4 is 5.97 Å². The monoisotopic (exact) mass is 175 g/mol. The average Bonchev–Trinajstić information content (AvgIpc) is 2.11. The smallest absolute Gasteiger partial charge is 0.308 e. The highest BCUT2D eigenvalue weighted by Crippen LogP contribution is 2.03. The van der Waals surface area contributed by atoms with Crippen LogP contribution >= 0.6 is 0 Å². The van der Waals surface area contributed by atoms with Crippen LogP contribution in [0.5, 0.6) is 0 Å². The lowest BCUT2D eigenvalue weighted by Crippen LogP contribution is -2.24. The maximum Gasteiger partial charge on any atom is 0.308 e. The molecular weight excluding hydrogens is 158 g/mol. The van der Waals surface area contributed by atoms with Crippen molar-refractivity contribution in [1.29, 1.82) is 0 Å². The third kappa shape index (κ3) is 4.31. The normalized spacial score (nSPS) is 15.3. The van der Waals surface area contributed by atoms with E-state index in [1.54, 1.807) is 6.92 Å². The summed E-state index contributed by atoms with van der Waals surface area (Å²) < 4.78 is 4.90. The molecule has 0 aliphatic carbocycles. The summed E-state index contributed by atoms with van der Waals surface area (Å²) in [5.41, 5.74) is 0. The van der Waals surface area contributed by atoms with Crippen molar-refractivity contribution < 1.29 is 14.4 Å². The second-order valence-electron chi connectivity index (χ2n) is 2.89. The van der Waals surface area contributed by atoms with Crippen molar-refractivity contribution in [1.82, 2.24) is 0 Å². The van der Waals surface area contributed by atoms with Crippen LogP contribution in [0.15, 0.2) is 0 Å². The van der Waals surface area contributed by atoms with Crippen LogP contribution in [-0.2, 0) is 14.4 Å². The van der Waals surface area contributed by atoms with E-state index >= 15 is 0 Å². The zero-order valence-electron chi connectivity index (χ0n) is 7.87. The van der Waals surface area contributed by atoms with Gasteiger partial charge < -0.3 is 4.74 Å². The first-order valence-electron chi connectivity index (χ1n) is 4.14. The maximum absolute atomic E-state index is 11.1. The van der Waals surface area contributed by atoms with Gasteiger partial charge in [0.15, 0.2) is 0 Å². The van der Waals surface area contributed by atoms with Crippen molar-refractivity contribution in [2.75, 3.05) is 6.61 Å². The molecule has 12 heavy (non-hydrogen) atoms. The number of ether oxygens (including phenoxy) is 1. The van der Waals surface area contributed by atoms with Crippen LogP contribution in [0.2, 0.25) is 0 Å². The van der Waals surface area contributed by atoms with Crippen LogP contribution in [0, 0.1) is 5.92 Å². The number of hydrogen-bond donors (Lipinski definition) is 1. The van der Waals surface area contributed by atoms with E-state index in [-0.39, 0.29) is 24.6 Å². The molecule has 4 nitrogen and oxygen atoms in total. The molecule has 0 amide bonds. The summed E-state index contributed by atoms with van der Waals surface area (Å²) in [6, 6.07) is 0. The lowest BCUT2D eigenvalue weighted by atomic mass is 10.1. The van der Waals surface area contributed by atoms with E-state index < -0.39 is 0 Å². The number of carbonyl (C=O) groups is 1. The second-order valence-corrected chi connectivity index (χ2v) is 2.89. The number of esters is 1. The van der Waals surface area contributed by atoms with Crippen molar-refractivity contribution in [3.05, 3.63) is 0 Å². The number of rotatable bonds is 5. The minimum absolute atomic E-state index is 0.0463. The molecule has 0 aromatic heterocycles. The molecular formula is C8H17NO3. The van der Waals surface area contributed by atoms with E-state index in [1.165, 1.54) is 0 Å². The van der Waals surface area contributed by atoms with Crippen LogP contribution in [0.3, 0.4) is 0 Å². The van der Waals surface area contributed by atoms with Gasteiger partial charge in [-0.25, -0.2) is 5.90 Å². The molecule has 0 aromatic carbocycles. The van der Waals surface area contributed by atoms with Gasteiger partial charge in [-0.05, 0) is 13.3 Å². The van der Waals surface area contributed by atoms with Gasteiger partial charge in [0, 0.05) is 0 Å². The standard InChI is InChI=1S/C8H17NO3/c1-4-6(2)8(10)11-5-7(3)12-9/h6-7H,4-5,9H2,1-3H3. The molecule has 0 radical (unpaired) electrons. The molecule has 0 fully saturated rings. The lowest BCUT2D eigenvalue weighted by Gasteiger charge is -2.12. The van der Waals surface area contributed by atoms with E-state index in [2.05, 4.69) is 4.84 Å². The Hall–Kier alpha value is -0.610. The van der Waals surface area contributed by atoms with Crippen LogP contribution in [-0.4, -0.2) is 18.7 Å². The Morgan fingerprint density at radius 1 is 1.50 bits per heavy atom. The van der Waals surface area contributed by atoms with Crippen molar-refractivity contribution in [3.8, 4) is 0 Å². The van der Waals surface area contributed by atoms with Crippen LogP contribution in [0.4, 0.5) is 0 Å². The summed E-state index contributed by atoms with van der Waals surface area (Å²) in [6.45, 7) is 5.73. The van der Waals surface area contributed by atoms with Gasteiger partial charge in [-0.1, -0.05) is 13.8 Å². The molecule has 0 saturated heterocycles. The highest BCUT2D eigenvalue weighted by molar-refractivity contribution is 5.71. The zero-order valence-corrected chi connectivity index (χ0v) is 7.87. The van der Waals surface area contributed by atoms with Gasteiger partial charge in [0.1, 0.15) is 12.7 Å². The van der Waals surface area contributed by atoms with E-state index in [0.717, 1.165) is 6.42 Å². The SMILES string of the molecule is CCC(C)C(=O)OCC(C)ON. The Morgan fingerprint density at radius 2 is 2.08 bits per heavy atom. The fourth-order valence-corrected chi connectivity index (χ4v) is 0.548. The summed E-state index contributed by atoms with van der Waals surface area (Å²) in [5, 5.41) is 0. The first-order chi connectivity index (χ1) is 5.61. The average molecular weight is 175 g/mol. The Morgan fingerprint density at radius 3 is 2.50 bits per heavy atom. The Bertz CT molecular complexity index is 138. The lowest BCUT2D eigenvalue weighted by molar-refractivity contribution is -0.152. The van der Waals surface area contributed by atoms with Crippen molar-refractivity contribution in [2.24, 2.45) is 11.8 Å².